The van der Waals surface area contributed by atoms with Gasteiger partial charge in [-0.3, -0.25) is 0 Å². The van der Waals surface area contributed by atoms with Crippen molar-refractivity contribution in [1.29, 1.82) is 0 Å². The number of amides is 2. The number of nitrogens with one attached hydrogen (secondary N) is 2. The second-order valence-corrected chi connectivity index (χ2v) is 9.06. The summed E-state index contributed by atoms with van der Waals surface area (Å²) in [4.78, 5) is 31.0. The summed E-state index contributed by atoms with van der Waals surface area (Å²) >= 11 is 0. The van der Waals surface area contributed by atoms with Gasteiger partial charge in [0.2, 0.25) is 0 Å². The van der Waals surface area contributed by atoms with E-state index in [1.807, 2.05) is 43.3 Å². The van der Waals surface area contributed by atoms with Gasteiger partial charge in [0.25, 0.3) is 0 Å². The van der Waals surface area contributed by atoms with E-state index in [1.54, 1.807) is 6.20 Å². The number of rotatable bonds is 5. The van der Waals surface area contributed by atoms with Crippen molar-refractivity contribution in [3.8, 4) is 11.4 Å². The summed E-state index contributed by atoms with van der Waals surface area (Å²) in [6, 6.07) is 11.3. The van der Waals surface area contributed by atoms with E-state index in [-0.39, 0.29) is 12.1 Å². The Morgan fingerprint density at radius 2 is 2.00 bits per heavy atom. The molecule has 36 heavy (non-hydrogen) atoms. The minimum atomic E-state index is -0.229. The first kappa shape index (κ1) is 23.8. The van der Waals surface area contributed by atoms with Gasteiger partial charge in [-0.2, -0.15) is 0 Å². The Balaban J connectivity index is 1.51. The number of ether oxygens (including phenoxy) is 1. The minimum Gasteiger partial charge on any atom is -0.396 e. The van der Waals surface area contributed by atoms with E-state index in [9.17, 15) is 4.79 Å². The molecular formula is C26H32N8O2. The Hall–Kier alpha value is -3.92. The zero-order chi connectivity index (χ0) is 25.1. The molecule has 0 aliphatic carbocycles. The van der Waals surface area contributed by atoms with E-state index >= 15 is 0 Å². The molecule has 5 rings (SSSR count). The number of anilines is 4. The highest BCUT2D eigenvalue weighted by atomic mass is 16.5. The molecule has 0 radical (unpaired) electrons. The highest BCUT2D eigenvalue weighted by molar-refractivity contribution is 5.89. The van der Waals surface area contributed by atoms with Crippen LogP contribution in [-0.2, 0) is 17.7 Å². The first-order valence-electron chi connectivity index (χ1n) is 12.4. The molecule has 0 saturated carbocycles. The van der Waals surface area contributed by atoms with Crippen molar-refractivity contribution in [2.45, 2.75) is 32.9 Å². The molecule has 0 bridgehead atoms. The van der Waals surface area contributed by atoms with Crippen LogP contribution in [0.4, 0.5) is 27.8 Å². The lowest BCUT2D eigenvalue weighted by Crippen LogP contribution is -2.45. The number of nitrogens with zero attached hydrogens (tertiary/aromatic N) is 5. The molecule has 3 aromatic rings. The summed E-state index contributed by atoms with van der Waals surface area (Å²) < 4.78 is 5.69. The zero-order valence-electron chi connectivity index (χ0n) is 20.7. The summed E-state index contributed by atoms with van der Waals surface area (Å²) in [5, 5.41) is 5.57. The fourth-order valence-electron chi connectivity index (χ4n) is 4.71. The van der Waals surface area contributed by atoms with E-state index in [0.717, 1.165) is 42.4 Å². The number of morpholine rings is 1. The third-order valence-corrected chi connectivity index (χ3v) is 6.54. The largest absolute Gasteiger partial charge is 0.396 e. The average molecular weight is 489 g/mol. The molecule has 10 nitrogen and oxygen atoms in total. The second-order valence-electron chi connectivity index (χ2n) is 9.06. The Labute approximate surface area is 210 Å². The SMILES string of the molecule is CCNC(=O)Nc1ccc(-c2nc3c(c(N4CCOC[C@@H]4C)n2)CCN(c2ncccc2N)C3)cc1. The molecule has 10 heteroatoms. The molecule has 2 aliphatic rings. The molecule has 188 valence electrons. The van der Waals surface area contributed by atoms with Crippen LogP contribution >= 0.6 is 0 Å². The molecule has 1 saturated heterocycles. The lowest BCUT2D eigenvalue weighted by Gasteiger charge is -2.38. The molecule has 2 aromatic heterocycles. The van der Waals surface area contributed by atoms with E-state index in [4.69, 9.17) is 20.4 Å². The number of carbonyl (C=O) groups excluding carboxylic acids is 1. The number of fused-ring (bicyclic) bond motifs is 1. The number of aromatic nitrogens is 3. The maximum Gasteiger partial charge on any atom is 0.319 e. The standard InChI is InChI=1S/C26H32N8O2/c1-3-28-26(35)30-19-8-6-18(7-9-19)23-31-22-15-33(25-21(27)5-4-11-29-25)12-10-20(22)24(32-23)34-13-14-36-16-17(34)2/h4-9,11,17H,3,10,12-16,27H2,1-2H3,(H2,28,30,35)/t17-/m0/s1. The van der Waals surface area contributed by atoms with Gasteiger partial charge < -0.3 is 30.9 Å². The van der Waals surface area contributed by atoms with Gasteiger partial charge in [0.15, 0.2) is 11.6 Å². The summed E-state index contributed by atoms with van der Waals surface area (Å²) in [7, 11) is 0. The molecule has 4 heterocycles. The highest BCUT2D eigenvalue weighted by Gasteiger charge is 2.29. The van der Waals surface area contributed by atoms with E-state index in [2.05, 4.69) is 32.3 Å². The molecule has 2 amide bonds. The number of benzene rings is 1. The van der Waals surface area contributed by atoms with Gasteiger partial charge in [0, 0.05) is 42.6 Å². The number of hydrogen-bond donors (Lipinski definition) is 3. The van der Waals surface area contributed by atoms with Crippen LogP contribution in [0.5, 0.6) is 0 Å². The van der Waals surface area contributed by atoms with Crippen molar-refractivity contribution in [1.82, 2.24) is 20.3 Å². The van der Waals surface area contributed by atoms with E-state index in [1.165, 1.54) is 5.56 Å². The molecule has 0 spiro atoms. The van der Waals surface area contributed by atoms with Crippen LogP contribution < -0.4 is 26.2 Å². The highest BCUT2D eigenvalue weighted by Crippen LogP contribution is 2.33. The van der Waals surface area contributed by atoms with Gasteiger partial charge in [-0.15, -0.1) is 0 Å². The topological polar surface area (TPSA) is 122 Å². The number of nitrogens with two attached hydrogens (primary N) is 1. The van der Waals surface area contributed by atoms with Crippen LogP contribution in [0.15, 0.2) is 42.6 Å². The van der Waals surface area contributed by atoms with Crippen LogP contribution in [-0.4, -0.2) is 59.9 Å². The maximum atomic E-state index is 11.9. The number of urea groups is 1. The lowest BCUT2D eigenvalue weighted by atomic mass is 10.0. The van der Waals surface area contributed by atoms with Crippen molar-refractivity contribution >= 4 is 29.0 Å². The molecule has 4 N–H and O–H groups in total. The molecule has 1 aromatic carbocycles. The van der Waals surface area contributed by atoms with Crippen molar-refractivity contribution in [2.75, 3.05) is 53.7 Å². The third kappa shape index (κ3) is 4.90. The van der Waals surface area contributed by atoms with E-state index in [0.29, 0.717) is 43.5 Å². The average Bonchev–Trinajstić information content (AvgIpc) is 2.89. The number of nitrogen functional groups attached to an aromatic ring is 1. The van der Waals surface area contributed by atoms with Gasteiger partial charge in [0.1, 0.15) is 5.82 Å². The quantitative estimate of drug-likeness (QED) is 0.501. The maximum absolute atomic E-state index is 11.9. The monoisotopic (exact) mass is 488 g/mol. The Bertz CT molecular complexity index is 1230. The fourth-order valence-corrected chi connectivity index (χ4v) is 4.71. The second kappa shape index (κ2) is 10.4. The zero-order valence-corrected chi connectivity index (χ0v) is 20.7. The smallest absolute Gasteiger partial charge is 0.319 e. The van der Waals surface area contributed by atoms with Gasteiger partial charge in [-0.05, 0) is 56.7 Å². The van der Waals surface area contributed by atoms with Crippen LogP contribution in [0.3, 0.4) is 0 Å². The van der Waals surface area contributed by atoms with Gasteiger partial charge in [-0.1, -0.05) is 0 Å². The van der Waals surface area contributed by atoms with Gasteiger partial charge in [-0.25, -0.2) is 19.7 Å². The van der Waals surface area contributed by atoms with Gasteiger partial charge >= 0.3 is 6.03 Å². The van der Waals surface area contributed by atoms with Crippen molar-refractivity contribution in [3.63, 3.8) is 0 Å². The molecule has 1 atom stereocenters. The fraction of sp³-hybridized carbons (Fsp3) is 0.385. The lowest BCUT2D eigenvalue weighted by molar-refractivity contribution is 0.0984. The van der Waals surface area contributed by atoms with Crippen molar-refractivity contribution in [3.05, 3.63) is 53.9 Å². The number of carbonyl (C=O) groups is 1. The van der Waals surface area contributed by atoms with Crippen LogP contribution in [0.25, 0.3) is 11.4 Å². The van der Waals surface area contributed by atoms with Crippen LogP contribution in [0.1, 0.15) is 25.1 Å². The molecular weight excluding hydrogens is 456 g/mol. The van der Waals surface area contributed by atoms with Crippen LogP contribution in [0, 0.1) is 0 Å². The molecule has 2 aliphatic heterocycles. The Morgan fingerprint density at radius 1 is 1.17 bits per heavy atom. The van der Waals surface area contributed by atoms with Gasteiger partial charge in [0.05, 0.1) is 37.2 Å². The predicted octanol–water partition coefficient (Wildman–Crippen LogP) is 3.05. The summed E-state index contributed by atoms with van der Waals surface area (Å²) in [6.45, 7) is 8.15. The van der Waals surface area contributed by atoms with E-state index < -0.39 is 0 Å². The normalized spacial score (nSPS) is 17.4. The van der Waals surface area contributed by atoms with Crippen LogP contribution in [0.2, 0.25) is 0 Å². The van der Waals surface area contributed by atoms with Crippen molar-refractivity contribution < 1.29 is 9.53 Å². The number of hydrogen-bond acceptors (Lipinski definition) is 8. The summed E-state index contributed by atoms with van der Waals surface area (Å²) in [6.07, 6.45) is 2.57. The molecule has 0 unspecified atom stereocenters. The Morgan fingerprint density at radius 3 is 2.75 bits per heavy atom. The predicted molar refractivity (Wildman–Crippen MR) is 141 cm³/mol. The van der Waals surface area contributed by atoms with Crippen molar-refractivity contribution in [2.24, 2.45) is 0 Å². The molecule has 1 fully saturated rings. The summed E-state index contributed by atoms with van der Waals surface area (Å²) in [5.41, 5.74) is 10.6. The summed E-state index contributed by atoms with van der Waals surface area (Å²) in [5.74, 6) is 2.41. The number of pyridine rings is 1. The first-order valence-corrected chi connectivity index (χ1v) is 12.4. The third-order valence-electron chi connectivity index (χ3n) is 6.54. The Kier molecular flexibility index (Phi) is 6.86. The minimum absolute atomic E-state index is 0.221. The first-order chi connectivity index (χ1) is 17.5.